The topological polar surface area (TPSA) is 48.7 Å². The highest BCUT2D eigenvalue weighted by atomic mass is 15.3. The number of aromatic nitrogens is 3. The van der Waals surface area contributed by atoms with Crippen LogP contribution in [0.25, 0.3) is 5.65 Å². The predicted octanol–water partition coefficient (Wildman–Crippen LogP) is 0.523. The van der Waals surface area contributed by atoms with Gasteiger partial charge in [-0.05, 0) is 7.05 Å². The molecule has 3 heterocycles. The first kappa shape index (κ1) is 11.3. The van der Waals surface area contributed by atoms with Gasteiger partial charge in [-0.1, -0.05) is 0 Å². The molecule has 6 heteroatoms. The number of hydrogen-bond donors (Lipinski definition) is 1. The molecular weight excluding hydrogens is 228 g/mol. The summed E-state index contributed by atoms with van der Waals surface area (Å²) in [5.74, 6) is 1.84. The number of fused-ring (bicyclic) bond motifs is 1. The van der Waals surface area contributed by atoms with Crippen molar-refractivity contribution in [1.82, 2.24) is 19.3 Å². The number of nitrogens with one attached hydrogen (secondary N) is 1. The summed E-state index contributed by atoms with van der Waals surface area (Å²) >= 11 is 0. The molecule has 1 N–H and O–H groups in total. The lowest BCUT2D eigenvalue weighted by Crippen LogP contribution is -2.45. The van der Waals surface area contributed by atoms with E-state index in [0.717, 1.165) is 43.5 Å². The fraction of sp³-hybridized carbons (Fsp3) is 0.500. The second-order valence-electron chi connectivity index (χ2n) is 4.65. The highest BCUT2D eigenvalue weighted by Gasteiger charge is 2.19. The largest absolute Gasteiger partial charge is 0.372 e. The quantitative estimate of drug-likeness (QED) is 0.837. The first-order chi connectivity index (χ1) is 8.78. The van der Waals surface area contributed by atoms with Crippen LogP contribution in [0, 0.1) is 0 Å². The number of rotatable bonds is 2. The van der Waals surface area contributed by atoms with E-state index in [4.69, 9.17) is 0 Å². The number of piperazine rings is 1. The Morgan fingerprint density at radius 3 is 2.72 bits per heavy atom. The van der Waals surface area contributed by atoms with Gasteiger partial charge in [0, 0.05) is 45.6 Å². The van der Waals surface area contributed by atoms with Crippen LogP contribution in [0.3, 0.4) is 0 Å². The van der Waals surface area contributed by atoms with Gasteiger partial charge in [0.05, 0.1) is 6.20 Å². The molecule has 0 aromatic carbocycles. The van der Waals surface area contributed by atoms with Crippen LogP contribution in [0.5, 0.6) is 0 Å². The van der Waals surface area contributed by atoms with E-state index in [0.29, 0.717) is 0 Å². The van der Waals surface area contributed by atoms with Crippen LogP contribution in [0.15, 0.2) is 18.6 Å². The van der Waals surface area contributed by atoms with E-state index in [-0.39, 0.29) is 0 Å². The lowest BCUT2D eigenvalue weighted by atomic mass is 10.3. The molecule has 0 bridgehead atoms. The molecule has 1 aliphatic rings. The molecule has 0 atom stereocenters. The maximum atomic E-state index is 4.65. The number of likely N-dealkylation sites (N-methyl/N-ethyl adjacent to an activating group) is 1. The second-order valence-corrected chi connectivity index (χ2v) is 4.65. The van der Waals surface area contributed by atoms with Crippen molar-refractivity contribution in [2.24, 2.45) is 0 Å². The smallest absolute Gasteiger partial charge is 0.180 e. The molecule has 0 saturated carbocycles. The maximum Gasteiger partial charge on any atom is 0.180 e. The van der Waals surface area contributed by atoms with Crippen molar-refractivity contribution in [3.05, 3.63) is 18.6 Å². The molecule has 2 aromatic heterocycles. The van der Waals surface area contributed by atoms with E-state index in [1.54, 1.807) is 0 Å². The van der Waals surface area contributed by atoms with E-state index in [1.165, 1.54) is 0 Å². The Morgan fingerprint density at radius 2 is 2.00 bits per heavy atom. The average Bonchev–Trinajstić information content (AvgIpc) is 2.86. The summed E-state index contributed by atoms with van der Waals surface area (Å²) < 4.78 is 2.02. The molecule has 0 spiro atoms. The lowest BCUT2D eigenvalue weighted by Gasteiger charge is -2.33. The number of anilines is 2. The lowest BCUT2D eigenvalue weighted by molar-refractivity contribution is 0.312. The van der Waals surface area contributed by atoms with E-state index in [9.17, 15) is 0 Å². The molecule has 0 unspecified atom stereocenters. The monoisotopic (exact) mass is 246 g/mol. The van der Waals surface area contributed by atoms with Gasteiger partial charge in [0.15, 0.2) is 11.5 Å². The van der Waals surface area contributed by atoms with Crippen LogP contribution >= 0.6 is 0 Å². The SMILES string of the molecule is CNc1cn2ccnc2c(N2CCN(C)CC2)n1. The zero-order valence-electron chi connectivity index (χ0n) is 10.8. The van der Waals surface area contributed by atoms with Crippen molar-refractivity contribution in [2.45, 2.75) is 0 Å². The summed E-state index contributed by atoms with van der Waals surface area (Å²) in [7, 11) is 4.04. The minimum Gasteiger partial charge on any atom is -0.372 e. The molecule has 2 aromatic rings. The second kappa shape index (κ2) is 4.45. The first-order valence-corrected chi connectivity index (χ1v) is 6.23. The summed E-state index contributed by atoms with van der Waals surface area (Å²) in [5, 5.41) is 3.10. The molecule has 0 aliphatic carbocycles. The van der Waals surface area contributed by atoms with Crippen molar-refractivity contribution >= 4 is 17.3 Å². The summed E-state index contributed by atoms with van der Waals surface area (Å²) in [4.78, 5) is 13.7. The van der Waals surface area contributed by atoms with Gasteiger partial charge in [0.2, 0.25) is 0 Å². The zero-order valence-corrected chi connectivity index (χ0v) is 10.8. The number of nitrogens with zero attached hydrogens (tertiary/aromatic N) is 5. The molecule has 0 amide bonds. The average molecular weight is 246 g/mol. The van der Waals surface area contributed by atoms with Gasteiger partial charge in [-0.3, -0.25) is 0 Å². The third kappa shape index (κ3) is 1.88. The third-order valence-electron chi connectivity index (χ3n) is 3.42. The Balaban J connectivity index is 2.01. The molecule has 0 radical (unpaired) electrons. The Morgan fingerprint density at radius 1 is 1.22 bits per heavy atom. The molecule has 1 fully saturated rings. The first-order valence-electron chi connectivity index (χ1n) is 6.23. The predicted molar refractivity (Wildman–Crippen MR) is 72.2 cm³/mol. The molecule has 18 heavy (non-hydrogen) atoms. The van der Waals surface area contributed by atoms with E-state index < -0.39 is 0 Å². The molecule has 96 valence electrons. The van der Waals surface area contributed by atoms with Gasteiger partial charge >= 0.3 is 0 Å². The highest BCUT2D eigenvalue weighted by molar-refractivity contribution is 5.67. The van der Waals surface area contributed by atoms with Crippen LogP contribution in [-0.2, 0) is 0 Å². The Kier molecular flexibility index (Phi) is 2.79. The van der Waals surface area contributed by atoms with Gasteiger partial charge in [-0.25, -0.2) is 9.97 Å². The Hall–Kier alpha value is -1.82. The van der Waals surface area contributed by atoms with Gasteiger partial charge in [-0.2, -0.15) is 0 Å². The Bertz CT molecular complexity index is 540. The fourth-order valence-corrected chi connectivity index (χ4v) is 2.27. The van der Waals surface area contributed by atoms with Gasteiger partial charge in [0.25, 0.3) is 0 Å². The molecule has 3 rings (SSSR count). The molecule has 1 saturated heterocycles. The zero-order chi connectivity index (χ0) is 12.5. The number of hydrogen-bond acceptors (Lipinski definition) is 5. The number of imidazole rings is 1. The van der Waals surface area contributed by atoms with E-state index in [2.05, 4.69) is 32.1 Å². The van der Waals surface area contributed by atoms with Crippen molar-refractivity contribution in [1.29, 1.82) is 0 Å². The summed E-state index contributed by atoms with van der Waals surface area (Å²) in [5.41, 5.74) is 0.929. The molecule has 6 nitrogen and oxygen atoms in total. The van der Waals surface area contributed by atoms with Crippen LogP contribution in [0.1, 0.15) is 0 Å². The summed E-state index contributed by atoms with van der Waals surface area (Å²) in [6.45, 7) is 4.13. The summed E-state index contributed by atoms with van der Waals surface area (Å²) in [6, 6.07) is 0. The van der Waals surface area contributed by atoms with E-state index in [1.807, 2.05) is 30.0 Å². The van der Waals surface area contributed by atoms with Crippen molar-refractivity contribution in [3.8, 4) is 0 Å². The van der Waals surface area contributed by atoms with Gasteiger partial charge in [-0.15, -0.1) is 0 Å². The third-order valence-corrected chi connectivity index (χ3v) is 3.42. The van der Waals surface area contributed by atoms with Crippen LogP contribution in [0.2, 0.25) is 0 Å². The standard InChI is InChI=1S/C12H18N6/c1-13-10-9-18-4-3-14-11(18)12(15-10)17-7-5-16(2)6-8-17/h3-4,9,13H,5-8H2,1-2H3. The Labute approximate surface area is 106 Å². The maximum absolute atomic E-state index is 4.65. The van der Waals surface area contributed by atoms with E-state index >= 15 is 0 Å². The van der Waals surface area contributed by atoms with Crippen molar-refractivity contribution < 1.29 is 0 Å². The van der Waals surface area contributed by atoms with Crippen LogP contribution in [-0.4, -0.2) is 59.5 Å². The fourth-order valence-electron chi connectivity index (χ4n) is 2.27. The minimum atomic E-state index is 0.870. The van der Waals surface area contributed by atoms with Crippen LogP contribution in [0.4, 0.5) is 11.6 Å². The van der Waals surface area contributed by atoms with Gasteiger partial charge in [0.1, 0.15) is 5.82 Å². The minimum absolute atomic E-state index is 0.870. The highest BCUT2D eigenvalue weighted by Crippen LogP contribution is 2.21. The van der Waals surface area contributed by atoms with Crippen molar-refractivity contribution in [2.75, 3.05) is 50.5 Å². The van der Waals surface area contributed by atoms with Gasteiger partial charge < -0.3 is 19.5 Å². The molecule has 1 aliphatic heterocycles. The normalized spacial score (nSPS) is 17.3. The van der Waals surface area contributed by atoms with Crippen LogP contribution < -0.4 is 10.2 Å². The molecular formula is C12H18N6. The summed E-state index contributed by atoms with van der Waals surface area (Å²) in [6.07, 6.45) is 5.73. The van der Waals surface area contributed by atoms with Crippen molar-refractivity contribution in [3.63, 3.8) is 0 Å².